The largest absolute Gasteiger partial charge is 0.478 e. The van der Waals surface area contributed by atoms with Crippen molar-refractivity contribution in [2.24, 2.45) is 0 Å². The van der Waals surface area contributed by atoms with Gasteiger partial charge < -0.3 is 5.11 Å². The highest BCUT2D eigenvalue weighted by molar-refractivity contribution is 7.12. The molecular weight excluding hydrogens is 310 g/mol. The fraction of sp³-hybridized carbons (Fsp3) is 0.412. The number of aryl methyl sites for hydroxylation is 2. The summed E-state index contributed by atoms with van der Waals surface area (Å²) in [4.78, 5) is 25.8. The van der Waals surface area contributed by atoms with Crippen LogP contribution in [0.2, 0.25) is 0 Å². The zero-order valence-corrected chi connectivity index (χ0v) is 14.1. The van der Waals surface area contributed by atoms with Crippen molar-refractivity contribution in [3.63, 3.8) is 0 Å². The van der Waals surface area contributed by atoms with Crippen LogP contribution in [0, 0.1) is 0 Å². The van der Waals surface area contributed by atoms with Crippen molar-refractivity contribution in [1.29, 1.82) is 0 Å². The lowest BCUT2D eigenvalue weighted by atomic mass is 10.0. The molecule has 1 aliphatic rings. The van der Waals surface area contributed by atoms with Crippen molar-refractivity contribution in [3.8, 4) is 0 Å². The van der Waals surface area contributed by atoms with E-state index in [1.807, 2.05) is 26.0 Å². The van der Waals surface area contributed by atoms with E-state index in [1.54, 1.807) is 11.3 Å². The maximum Gasteiger partial charge on any atom is 0.339 e. The van der Waals surface area contributed by atoms with Crippen molar-refractivity contribution in [2.75, 3.05) is 0 Å². The molecule has 0 unspecified atom stereocenters. The summed E-state index contributed by atoms with van der Waals surface area (Å²) in [6.07, 6.45) is 9.78. The molecule has 2 aromatic heterocycles. The fourth-order valence-electron chi connectivity index (χ4n) is 2.68. The van der Waals surface area contributed by atoms with Crippen LogP contribution in [-0.2, 0) is 12.8 Å². The first-order valence-corrected chi connectivity index (χ1v) is 8.63. The number of carbonyl (C=O) groups is 1. The van der Waals surface area contributed by atoms with Crippen molar-refractivity contribution in [1.82, 2.24) is 15.0 Å². The zero-order chi connectivity index (χ0) is 16.4. The van der Waals surface area contributed by atoms with Gasteiger partial charge in [0, 0.05) is 11.1 Å². The van der Waals surface area contributed by atoms with Gasteiger partial charge in [-0.15, -0.1) is 11.3 Å². The van der Waals surface area contributed by atoms with Crippen molar-refractivity contribution in [3.05, 3.63) is 38.9 Å². The zero-order valence-electron chi connectivity index (χ0n) is 13.2. The molecule has 1 aliphatic carbocycles. The van der Waals surface area contributed by atoms with Gasteiger partial charge in [-0.3, -0.25) is 0 Å². The minimum atomic E-state index is -0.989. The Balaban J connectivity index is 1.86. The third kappa shape index (κ3) is 3.47. The normalized spacial score (nSPS) is 14.4. The number of fused-ring (bicyclic) bond motifs is 1. The van der Waals surface area contributed by atoms with Crippen LogP contribution in [0.4, 0.5) is 0 Å². The number of thiazole rings is 1. The van der Waals surface area contributed by atoms with E-state index in [0.29, 0.717) is 11.5 Å². The number of carboxylic acid groups (broad SMARTS) is 1. The van der Waals surface area contributed by atoms with Gasteiger partial charge in [0.15, 0.2) is 5.82 Å². The van der Waals surface area contributed by atoms with E-state index in [1.165, 1.54) is 29.6 Å². The second-order valence-corrected chi connectivity index (χ2v) is 7.06. The Hall–Kier alpha value is -2.08. The number of rotatable bonds is 4. The van der Waals surface area contributed by atoms with Crippen molar-refractivity contribution in [2.45, 2.75) is 45.4 Å². The smallest absolute Gasteiger partial charge is 0.339 e. The summed E-state index contributed by atoms with van der Waals surface area (Å²) in [5.74, 6) is -0.438. The average Bonchev–Trinajstić information content (AvgIpc) is 2.95. The number of aromatic nitrogens is 3. The third-order valence-electron chi connectivity index (χ3n) is 3.85. The van der Waals surface area contributed by atoms with E-state index >= 15 is 0 Å². The maximum atomic E-state index is 11.2. The van der Waals surface area contributed by atoms with Crippen LogP contribution in [0.15, 0.2) is 6.20 Å². The number of nitrogens with zero attached hydrogens (tertiary/aromatic N) is 3. The minimum absolute atomic E-state index is 0.0310. The summed E-state index contributed by atoms with van der Waals surface area (Å²) in [5.41, 5.74) is 1.96. The first-order valence-electron chi connectivity index (χ1n) is 7.81. The average molecular weight is 329 g/mol. The number of carboxylic acids is 1. The van der Waals surface area contributed by atoms with Crippen LogP contribution in [0.3, 0.4) is 0 Å². The molecule has 23 heavy (non-hydrogen) atoms. The van der Waals surface area contributed by atoms with E-state index in [9.17, 15) is 9.90 Å². The Morgan fingerprint density at radius 3 is 2.74 bits per heavy atom. The summed E-state index contributed by atoms with van der Waals surface area (Å²) in [7, 11) is 0. The Labute approximate surface area is 139 Å². The van der Waals surface area contributed by atoms with E-state index < -0.39 is 5.97 Å². The Morgan fingerprint density at radius 1 is 1.26 bits per heavy atom. The van der Waals surface area contributed by atoms with Gasteiger partial charge in [-0.05, 0) is 43.8 Å². The third-order valence-corrected chi connectivity index (χ3v) is 4.97. The van der Waals surface area contributed by atoms with E-state index in [4.69, 9.17) is 0 Å². The van der Waals surface area contributed by atoms with Crippen LogP contribution < -0.4 is 0 Å². The molecule has 0 fully saturated rings. The second-order valence-electron chi connectivity index (χ2n) is 5.95. The van der Waals surface area contributed by atoms with Gasteiger partial charge in [-0.25, -0.2) is 19.7 Å². The number of hydrogen-bond donors (Lipinski definition) is 1. The lowest BCUT2D eigenvalue weighted by molar-refractivity contribution is 0.0694. The van der Waals surface area contributed by atoms with Gasteiger partial charge in [-0.1, -0.05) is 13.8 Å². The molecule has 1 N–H and O–H groups in total. The first-order chi connectivity index (χ1) is 11.0. The SMILES string of the molecule is CC(C)c1nc(C=Cc2nc3c(s2)CCCC3)ncc1C(=O)O. The molecule has 120 valence electrons. The predicted molar refractivity (Wildman–Crippen MR) is 90.8 cm³/mol. The topological polar surface area (TPSA) is 76.0 Å². The van der Waals surface area contributed by atoms with Crippen LogP contribution in [-0.4, -0.2) is 26.0 Å². The van der Waals surface area contributed by atoms with Crippen molar-refractivity contribution < 1.29 is 9.90 Å². The summed E-state index contributed by atoms with van der Waals surface area (Å²) in [6, 6.07) is 0. The Bertz CT molecular complexity index is 742. The predicted octanol–water partition coefficient (Wildman–Crippen LogP) is 3.80. The summed E-state index contributed by atoms with van der Waals surface area (Å²) >= 11 is 1.73. The quantitative estimate of drug-likeness (QED) is 0.923. The van der Waals surface area contributed by atoms with Crippen LogP contribution >= 0.6 is 11.3 Å². The van der Waals surface area contributed by atoms with E-state index in [0.717, 1.165) is 17.8 Å². The van der Waals surface area contributed by atoms with Crippen LogP contribution in [0.25, 0.3) is 12.2 Å². The highest BCUT2D eigenvalue weighted by atomic mass is 32.1. The molecular formula is C17H19N3O2S. The summed E-state index contributed by atoms with van der Waals surface area (Å²) in [6.45, 7) is 3.86. The highest BCUT2D eigenvalue weighted by Gasteiger charge is 2.16. The van der Waals surface area contributed by atoms with E-state index in [-0.39, 0.29) is 11.5 Å². The fourth-order valence-corrected chi connectivity index (χ4v) is 3.74. The number of aromatic carboxylic acids is 1. The molecule has 0 aliphatic heterocycles. The molecule has 5 nitrogen and oxygen atoms in total. The Morgan fingerprint density at radius 2 is 2.04 bits per heavy atom. The summed E-state index contributed by atoms with van der Waals surface area (Å²) < 4.78 is 0. The molecule has 6 heteroatoms. The number of hydrogen-bond acceptors (Lipinski definition) is 5. The molecule has 0 bridgehead atoms. The van der Waals surface area contributed by atoms with Crippen LogP contribution in [0.1, 0.15) is 70.1 Å². The van der Waals surface area contributed by atoms with Gasteiger partial charge in [0.1, 0.15) is 5.01 Å². The molecule has 3 rings (SSSR count). The molecule has 0 aromatic carbocycles. The molecule has 0 saturated carbocycles. The Kier molecular flexibility index (Phi) is 4.52. The van der Waals surface area contributed by atoms with Gasteiger partial charge >= 0.3 is 5.97 Å². The van der Waals surface area contributed by atoms with E-state index in [2.05, 4.69) is 15.0 Å². The molecule has 0 amide bonds. The van der Waals surface area contributed by atoms with Crippen molar-refractivity contribution >= 4 is 29.5 Å². The second kappa shape index (κ2) is 6.58. The van der Waals surface area contributed by atoms with Gasteiger partial charge in [0.25, 0.3) is 0 Å². The van der Waals surface area contributed by atoms with Gasteiger partial charge in [-0.2, -0.15) is 0 Å². The molecule has 0 spiro atoms. The molecule has 0 radical (unpaired) electrons. The highest BCUT2D eigenvalue weighted by Crippen LogP contribution is 2.27. The van der Waals surface area contributed by atoms with Crippen LogP contribution in [0.5, 0.6) is 0 Å². The van der Waals surface area contributed by atoms with Gasteiger partial charge in [0.2, 0.25) is 0 Å². The molecule has 2 aromatic rings. The molecule has 0 saturated heterocycles. The molecule has 0 atom stereocenters. The standard InChI is InChI=1S/C17H19N3O2S/c1-10(2)16-11(17(21)22)9-18-14(20-16)7-8-15-19-12-5-3-4-6-13(12)23-15/h7-10H,3-6H2,1-2H3,(H,21,22). The summed E-state index contributed by atoms with van der Waals surface area (Å²) in [5, 5.41) is 10.2. The lowest BCUT2D eigenvalue weighted by Gasteiger charge is -2.08. The van der Waals surface area contributed by atoms with Gasteiger partial charge in [0.05, 0.1) is 17.0 Å². The minimum Gasteiger partial charge on any atom is -0.478 e. The molecule has 2 heterocycles. The lowest BCUT2D eigenvalue weighted by Crippen LogP contribution is -2.08. The first kappa shape index (κ1) is 15.8. The monoisotopic (exact) mass is 329 g/mol. The maximum absolute atomic E-state index is 11.2.